The van der Waals surface area contributed by atoms with Gasteiger partial charge in [-0.2, -0.15) is 0 Å². The van der Waals surface area contributed by atoms with Gasteiger partial charge in [-0.1, -0.05) is 29.8 Å². The Morgan fingerprint density at radius 3 is 2.60 bits per heavy atom. The van der Waals surface area contributed by atoms with Crippen molar-refractivity contribution >= 4 is 46.1 Å². The summed E-state index contributed by atoms with van der Waals surface area (Å²) in [7, 11) is 0. The van der Waals surface area contributed by atoms with Crippen molar-refractivity contribution < 1.29 is 19.1 Å². The standard InChI is InChI=1S/C22H17ClN2O4S/c1-12(26)21(13(2)27)25-18-9-14(7-8-19(18)29-10-20(25)28)17-11-30-22(24-17)15-5-3-4-6-16(15)23/h3-9,11,21H,10H2,1-2H3. The second-order valence-corrected chi connectivity index (χ2v) is 8.14. The van der Waals surface area contributed by atoms with E-state index in [1.807, 2.05) is 29.6 Å². The number of fused-ring (bicyclic) bond motifs is 1. The van der Waals surface area contributed by atoms with Crippen LogP contribution < -0.4 is 9.64 Å². The van der Waals surface area contributed by atoms with Gasteiger partial charge in [0, 0.05) is 16.5 Å². The lowest BCUT2D eigenvalue weighted by atomic mass is 10.0. The van der Waals surface area contributed by atoms with Crippen LogP contribution >= 0.6 is 22.9 Å². The van der Waals surface area contributed by atoms with Crippen LogP contribution in [0.25, 0.3) is 21.8 Å². The van der Waals surface area contributed by atoms with Crippen molar-refractivity contribution in [3.05, 3.63) is 52.9 Å². The highest BCUT2D eigenvalue weighted by atomic mass is 35.5. The number of ether oxygens (including phenoxy) is 1. The van der Waals surface area contributed by atoms with Crippen molar-refractivity contribution in [3.63, 3.8) is 0 Å². The van der Waals surface area contributed by atoms with Crippen LogP contribution in [0.4, 0.5) is 5.69 Å². The van der Waals surface area contributed by atoms with Gasteiger partial charge in [0.2, 0.25) is 0 Å². The van der Waals surface area contributed by atoms with Crippen LogP contribution in [0.5, 0.6) is 5.75 Å². The quantitative estimate of drug-likeness (QED) is 0.549. The zero-order valence-corrected chi connectivity index (χ0v) is 17.8. The highest BCUT2D eigenvalue weighted by Crippen LogP contribution is 2.39. The van der Waals surface area contributed by atoms with Crippen molar-refractivity contribution in [3.8, 4) is 27.6 Å². The second kappa shape index (κ2) is 8.01. The van der Waals surface area contributed by atoms with Crippen LogP contribution in [-0.4, -0.2) is 35.1 Å². The number of carbonyl (C=O) groups is 3. The van der Waals surface area contributed by atoms with Gasteiger partial charge in [0.1, 0.15) is 10.8 Å². The minimum Gasteiger partial charge on any atom is -0.482 e. The average Bonchev–Trinajstić information content (AvgIpc) is 3.19. The summed E-state index contributed by atoms with van der Waals surface area (Å²) in [5, 5.41) is 3.27. The molecule has 0 atom stereocenters. The van der Waals surface area contributed by atoms with E-state index in [0.29, 0.717) is 22.2 Å². The molecule has 1 amide bonds. The van der Waals surface area contributed by atoms with E-state index >= 15 is 0 Å². The molecule has 0 unspecified atom stereocenters. The smallest absolute Gasteiger partial charge is 0.266 e. The molecule has 2 aromatic carbocycles. The number of anilines is 1. The van der Waals surface area contributed by atoms with Crippen molar-refractivity contribution in [2.24, 2.45) is 0 Å². The number of ketones is 2. The Morgan fingerprint density at radius 1 is 1.17 bits per heavy atom. The minimum absolute atomic E-state index is 0.225. The third-order valence-electron chi connectivity index (χ3n) is 4.77. The number of aromatic nitrogens is 1. The SMILES string of the molecule is CC(=O)C(C(C)=O)N1C(=O)COc2ccc(-c3csc(-c4ccccc4Cl)n3)cc21. The van der Waals surface area contributed by atoms with Crippen LogP contribution in [0.1, 0.15) is 13.8 Å². The number of hydrogen-bond acceptors (Lipinski definition) is 6. The Bertz CT molecular complexity index is 1160. The molecule has 4 rings (SSSR count). The van der Waals surface area contributed by atoms with E-state index in [0.717, 1.165) is 16.1 Å². The first-order chi connectivity index (χ1) is 14.4. The van der Waals surface area contributed by atoms with Crippen LogP contribution in [0.15, 0.2) is 47.8 Å². The number of hydrogen-bond donors (Lipinski definition) is 0. The number of halogens is 1. The number of carbonyl (C=O) groups excluding carboxylic acids is 3. The summed E-state index contributed by atoms with van der Waals surface area (Å²) >= 11 is 7.73. The van der Waals surface area contributed by atoms with Crippen LogP contribution in [0, 0.1) is 0 Å². The van der Waals surface area contributed by atoms with Gasteiger partial charge in [-0.15, -0.1) is 11.3 Å². The molecule has 152 valence electrons. The fourth-order valence-electron chi connectivity index (χ4n) is 3.43. The lowest BCUT2D eigenvalue weighted by molar-refractivity contribution is -0.131. The molecule has 0 saturated carbocycles. The number of Topliss-reactive ketones (excluding diaryl/α,β-unsaturated/α-hetero) is 2. The zero-order chi connectivity index (χ0) is 21.4. The molecule has 0 bridgehead atoms. The first-order valence-electron chi connectivity index (χ1n) is 9.17. The molecule has 0 N–H and O–H groups in total. The largest absolute Gasteiger partial charge is 0.482 e. The molecule has 1 aromatic heterocycles. The molecule has 0 spiro atoms. The normalized spacial score (nSPS) is 13.2. The summed E-state index contributed by atoms with van der Waals surface area (Å²) in [6.45, 7) is 2.38. The van der Waals surface area contributed by atoms with E-state index in [1.165, 1.54) is 30.1 Å². The number of thiazole rings is 1. The van der Waals surface area contributed by atoms with Crippen molar-refractivity contribution in [2.75, 3.05) is 11.5 Å². The Labute approximate surface area is 182 Å². The number of rotatable bonds is 5. The molecule has 1 aliphatic heterocycles. The van der Waals surface area contributed by atoms with E-state index in [2.05, 4.69) is 4.98 Å². The van der Waals surface area contributed by atoms with E-state index in [-0.39, 0.29) is 6.61 Å². The van der Waals surface area contributed by atoms with E-state index in [4.69, 9.17) is 16.3 Å². The van der Waals surface area contributed by atoms with Crippen LogP contribution in [0.2, 0.25) is 5.02 Å². The fraction of sp³-hybridized carbons (Fsp3) is 0.182. The predicted molar refractivity (Wildman–Crippen MR) is 116 cm³/mol. The predicted octanol–water partition coefficient (Wildman–Crippen LogP) is 4.40. The number of benzene rings is 2. The molecule has 8 heteroatoms. The van der Waals surface area contributed by atoms with E-state index in [1.54, 1.807) is 18.2 Å². The molecular formula is C22H17ClN2O4S. The summed E-state index contributed by atoms with van der Waals surface area (Å²) < 4.78 is 5.51. The molecule has 30 heavy (non-hydrogen) atoms. The molecule has 0 radical (unpaired) electrons. The summed E-state index contributed by atoms with van der Waals surface area (Å²) in [4.78, 5) is 42.7. The van der Waals surface area contributed by atoms with Gasteiger partial charge in [0.05, 0.1) is 16.4 Å². The van der Waals surface area contributed by atoms with Gasteiger partial charge in [-0.25, -0.2) is 4.98 Å². The molecule has 2 heterocycles. The average molecular weight is 441 g/mol. The second-order valence-electron chi connectivity index (χ2n) is 6.88. The Hall–Kier alpha value is -3.03. The van der Waals surface area contributed by atoms with Crippen LogP contribution in [-0.2, 0) is 14.4 Å². The number of nitrogens with zero attached hydrogens (tertiary/aromatic N) is 2. The monoisotopic (exact) mass is 440 g/mol. The molecular weight excluding hydrogens is 424 g/mol. The number of amides is 1. The molecule has 0 fully saturated rings. The topological polar surface area (TPSA) is 76.6 Å². The minimum atomic E-state index is -1.18. The molecule has 0 saturated heterocycles. The highest BCUT2D eigenvalue weighted by molar-refractivity contribution is 7.13. The maximum atomic E-state index is 12.6. The highest BCUT2D eigenvalue weighted by Gasteiger charge is 2.37. The zero-order valence-electron chi connectivity index (χ0n) is 16.2. The third kappa shape index (κ3) is 3.62. The Kier molecular flexibility index (Phi) is 5.40. The lowest BCUT2D eigenvalue weighted by Crippen LogP contribution is -2.52. The third-order valence-corrected chi connectivity index (χ3v) is 5.98. The summed E-state index contributed by atoms with van der Waals surface area (Å²) in [5.74, 6) is -0.801. The van der Waals surface area contributed by atoms with Crippen LogP contribution in [0.3, 0.4) is 0 Å². The fourth-order valence-corrected chi connectivity index (χ4v) is 4.58. The van der Waals surface area contributed by atoms with Crippen molar-refractivity contribution in [1.29, 1.82) is 0 Å². The summed E-state index contributed by atoms with van der Waals surface area (Å²) in [6, 6.07) is 11.5. The van der Waals surface area contributed by atoms with E-state index < -0.39 is 23.5 Å². The van der Waals surface area contributed by atoms with Gasteiger partial charge < -0.3 is 4.74 Å². The molecule has 3 aromatic rings. The summed E-state index contributed by atoms with van der Waals surface area (Å²) in [6.07, 6.45) is 0. The van der Waals surface area contributed by atoms with Gasteiger partial charge in [-0.3, -0.25) is 19.3 Å². The van der Waals surface area contributed by atoms with Crippen molar-refractivity contribution in [1.82, 2.24) is 4.98 Å². The maximum absolute atomic E-state index is 12.6. The van der Waals surface area contributed by atoms with Gasteiger partial charge >= 0.3 is 0 Å². The molecule has 0 aliphatic carbocycles. The maximum Gasteiger partial charge on any atom is 0.266 e. The molecule has 6 nitrogen and oxygen atoms in total. The Balaban J connectivity index is 1.77. The lowest BCUT2D eigenvalue weighted by Gasteiger charge is -2.33. The van der Waals surface area contributed by atoms with Gasteiger partial charge in [0.25, 0.3) is 5.91 Å². The summed E-state index contributed by atoms with van der Waals surface area (Å²) in [5.41, 5.74) is 2.64. The van der Waals surface area contributed by atoms with Crippen molar-refractivity contribution in [2.45, 2.75) is 19.9 Å². The van der Waals surface area contributed by atoms with E-state index in [9.17, 15) is 14.4 Å². The first-order valence-corrected chi connectivity index (χ1v) is 10.4. The van der Waals surface area contributed by atoms with Gasteiger partial charge in [0.15, 0.2) is 24.2 Å². The molecule has 1 aliphatic rings. The Morgan fingerprint density at radius 2 is 1.90 bits per heavy atom. The first kappa shape index (κ1) is 20.3. The van der Waals surface area contributed by atoms with Gasteiger partial charge in [-0.05, 0) is 38.1 Å².